The third kappa shape index (κ3) is 2.06. The van der Waals surface area contributed by atoms with E-state index in [-0.39, 0.29) is 0 Å². The predicted octanol–water partition coefficient (Wildman–Crippen LogP) is 1.96. The molecule has 1 aromatic rings. The highest BCUT2D eigenvalue weighted by Crippen LogP contribution is 2.32. The van der Waals surface area contributed by atoms with Gasteiger partial charge in [0.15, 0.2) is 0 Å². The molecule has 1 heterocycles. The summed E-state index contributed by atoms with van der Waals surface area (Å²) in [5, 5.41) is 0. The highest BCUT2D eigenvalue weighted by atomic mass is 16.5. The number of methoxy groups -OCH3 is 1. The lowest BCUT2D eigenvalue weighted by atomic mass is 10.1. The van der Waals surface area contributed by atoms with Crippen LogP contribution in [0.2, 0.25) is 0 Å². The van der Waals surface area contributed by atoms with Crippen LogP contribution in [0.15, 0.2) is 24.3 Å². The third-order valence-corrected chi connectivity index (χ3v) is 3.27. The molecule has 16 heavy (non-hydrogen) atoms. The molecule has 2 rings (SSSR count). The largest absolute Gasteiger partial charge is 0.496 e. The molecule has 0 aromatic heterocycles. The van der Waals surface area contributed by atoms with Gasteiger partial charge in [-0.1, -0.05) is 18.2 Å². The fourth-order valence-corrected chi connectivity index (χ4v) is 2.51. The lowest BCUT2D eigenvalue weighted by molar-refractivity contribution is 0.0397. The van der Waals surface area contributed by atoms with Crippen molar-refractivity contribution in [1.29, 1.82) is 0 Å². The molecular formula is C13H20N2O. The van der Waals surface area contributed by atoms with Crippen molar-refractivity contribution in [2.45, 2.75) is 12.6 Å². The second kappa shape index (κ2) is 4.85. The zero-order chi connectivity index (χ0) is 11.5. The van der Waals surface area contributed by atoms with Gasteiger partial charge in [0.05, 0.1) is 13.3 Å². The van der Waals surface area contributed by atoms with E-state index in [0.717, 1.165) is 18.8 Å². The van der Waals surface area contributed by atoms with Crippen LogP contribution in [0.5, 0.6) is 5.75 Å². The summed E-state index contributed by atoms with van der Waals surface area (Å²) in [6.45, 7) is 2.29. The lowest BCUT2D eigenvalue weighted by Crippen LogP contribution is -2.43. The molecule has 3 heteroatoms. The van der Waals surface area contributed by atoms with Gasteiger partial charge < -0.3 is 4.74 Å². The van der Waals surface area contributed by atoms with Gasteiger partial charge >= 0.3 is 0 Å². The van der Waals surface area contributed by atoms with Crippen LogP contribution in [0, 0.1) is 0 Å². The van der Waals surface area contributed by atoms with Crippen molar-refractivity contribution < 1.29 is 4.74 Å². The molecule has 1 aliphatic rings. The van der Waals surface area contributed by atoms with E-state index in [1.165, 1.54) is 12.0 Å². The summed E-state index contributed by atoms with van der Waals surface area (Å²) in [5.41, 5.74) is 1.26. The third-order valence-electron chi connectivity index (χ3n) is 3.27. The first-order valence-electron chi connectivity index (χ1n) is 5.77. The number of hydrogen-bond acceptors (Lipinski definition) is 3. The van der Waals surface area contributed by atoms with Crippen LogP contribution in [0.1, 0.15) is 18.2 Å². The summed E-state index contributed by atoms with van der Waals surface area (Å²) >= 11 is 0. The molecule has 0 atom stereocenters. The van der Waals surface area contributed by atoms with E-state index >= 15 is 0 Å². The Labute approximate surface area is 97.6 Å². The van der Waals surface area contributed by atoms with Crippen LogP contribution >= 0.6 is 0 Å². The molecular weight excluding hydrogens is 200 g/mol. The topological polar surface area (TPSA) is 15.7 Å². The maximum atomic E-state index is 5.44. The van der Waals surface area contributed by atoms with E-state index in [9.17, 15) is 0 Å². The fourth-order valence-electron chi connectivity index (χ4n) is 2.51. The predicted molar refractivity (Wildman–Crippen MR) is 65.6 cm³/mol. The van der Waals surface area contributed by atoms with Gasteiger partial charge in [-0.05, 0) is 26.6 Å². The molecule has 0 N–H and O–H groups in total. The maximum absolute atomic E-state index is 5.44. The van der Waals surface area contributed by atoms with Crippen molar-refractivity contribution >= 4 is 0 Å². The molecule has 1 saturated heterocycles. The summed E-state index contributed by atoms with van der Waals surface area (Å²) in [5.74, 6) is 0.980. The van der Waals surface area contributed by atoms with Gasteiger partial charge in [0.25, 0.3) is 0 Å². The number of para-hydroxylation sites is 1. The minimum absolute atomic E-state index is 0.338. The molecule has 3 nitrogen and oxygen atoms in total. The molecule has 88 valence electrons. The number of rotatable bonds is 2. The molecule has 0 spiro atoms. The SMILES string of the molecule is COc1ccccc1C1N(C)CCCN1C. The molecule has 0 aliphatic carbocycles. The first-order chi connectivity index (χ1) is 7.74. The highest BCUT2D eigenvalue weighted by molar-refractivity contribution is 5.35. The van der Waals surface area contributed by atoms with Crippen molar-refractivity contribution in [3.05, 3.63) is 29.8 Å². The van der Waals surface area contributed by atoms with Crippen LogP contribution in [0.3, 0.4) is 0 Å². The Morgan fingerprint density at radius 1 is 1.12 bits per heavy atom. The van der Waals surface area contributed by atoms with Gasteiger partial charge in [-0.2, -0.15) is 0 Å². The Balaban J connectivity index is 2.33. The average molecular weight is 220 g/mol. The second-order valence-corrected chi connectivity index (χ2v) is 4.43. The van der Waals surface area contributed by atoms with E-state index in [2.05, 4.69) is 36.0 Å². The van der Waals surface area contributed by atoms with Gasteiger partial charge in [-0.25, -0.2) is 0 Å². The standard InChI is InChI=1S/C13H20N2O/c1-14-9-6-10-15(2)13(14)11-7-4-5-8-12(11)16-3/h4-5,7-8,13H,6,9-10H2,1-3H3. The zero-order valence-electron chi connectivity index (χ0n) is 10.3. The average Bonchev–Trinajstić information content (AvgIpc) is 2.29. The molecule has 1 aliphatic heterocycles. The summed E-state index contributed by atoms with van der Waals surface area (Å²) in [7, 11) is 6.08. The van der Waals surface area contributed by atoms with Gasteiger partial charge in [-0.3, -0.25) is 9.80 Å². The van der Waals surface area contributed by atoms with Crippen molar-refractivity contribution in [2.75, 3.05) is 34.3 Å². The summed E-state index contributed by atoms with van der Waals surface area (Å²) in [6.07, 6.45) is 1.57. The van der Waals surface area contributed by atoms with E-state index in [1.807, 2.05) is 12.1 Å². The first kappa shape index (κ1) is 11.4. The molecule has 0 radical (unpaired) electrons. The normalized spacial score (nSPS) is 19.9. The Bertz CT molecular complexity index is 344. The summed E-state index contributed by atoms with van der Waals surface area (Å²) in [4.78, 5) is 4.75. The van der Waals surface area contributed by atoms with Crippen LogP contribution in [-0.4, -0.2) is 44.1 Å². The number of nitrogens with zero attached hydrogens (tertiary/aromatic N) is 2. The van der Waals surface area contributed by atoms with E-state index in [1.54, 1.807) is 7.11 Å². The summed E-state index contributed by atoms with van der Waals surface area (Å²) < 4.78 is 5.44. The van der Waals surface area contributed by atoms with Crippen LogP contribution in [0.25, 0.3) is 0 Å². The lowest BCUT2D eigenvalue weighted by Gasteiger charge is -2.40. The Kier molecular flexibility index (Phi) is 3.46. The van der Waals surface area contributed by atoms with Gasteiger partial charge in [0.1, 0.15) is 5.75 Å². The minimum atomic E-state index is 0.338. The van der Waals surface area contributed by atoms with Gasteiger partial charge in [0, 0.05) is 18.7 Å². The molecule has 0 saturated carbocycles. The van der Waals surface area contributed by atoms with E-state index in [0.29, 0.717) is 6.17 Å². The Morgan fingerprint density at radius 3 is 2.38 bits per heavy atom. The van der Waals surface area contributed by atoms with Crippen molar-refractivity contribution in [2.24, 2.45) is 0 Å². The summed E-state index contributed by atoms with van der Waals surface area (Å²) in [6, 6.07) is 8.28. The van der Waals surface area contributed by atoms with Gasteiger partial charge in [0.2, 0.25) is 0 Å². The second-order valence-electron chi connectivity index (χ2n) is 4.43. The number of hydrogen-bond donors (Lipinski definition) is 0. The zero-order valence-corrected chi connectivity index (χ0v) is 10.3. The quantitative estimate of drug-likeness (QED) is 0.758. The smallest absolute Gasteiger partial charge is 0.124 e. The van der Waals surface area contributed by atoms with Crippen LogP contribution in [0.4, 0.5) is 0 Å². The number of benzene rings is 1. The Hall–Kier alpha value is -1.06. The number of ether oxygens (including phenoxy) is 1. The fraction of sp³-hybridized carbons (Fsp3) is 0.538. The van der Waals surface area contributed by atoms with Gasteiger partial charge in [-0.15, -0.1) is 0 Å². The van der Waals surface area contributed by atoms with E-state index < -0.39 is 0 Å². The molecule has 0 unspecified atom stereocenters. The maximum Gasteiger partial charge on any atom is 0.124 e. The molecule has 0 bridgehead atoms. The molecule has 1 fully saturated rings. The first-order valence-corrected chi connectivity index (χ1v) is 5.77. The van der Waals surface area contributed by atoms with Crippen molar-refractivity contribution in [1.82, 2.24) is 9.80 Å². The minimum Gasteiger partial charge on any atom is -0.496 e. The van der Waals surface area contributed by atoms with Crippen LogP contribution in [-0.2, 0) is 0 Å². The molecule has 0 amide bonds. The monoisotopic (exact) mass is 220 g/mol. The highest BCUT2D eigenvalue weighted by Gasteiger charge is 2.27. The Morgan fingerprint density at radius 2 is 1.75 bits per heavy atom. The van der Waals surface area contributed by atoms with Crippen molar-refractivity contribution in [3.8, 4) is 5.75 Å². The van der Waals surface area contributed by atoms with E-state index in [4.69, 9.17) is 4.74 Å². The van der Waals surface area contributed by atoms with Crippen molar-refractivity contribution in [3.63, 3.8) is 0 Å². The molecule has 1 aromatic carbocycles. The van der Waals surface area contributed by atoms with Crippen LogP contribution < -0.4 is 4.74 Å².